The first-order valence-electron chi connectivity index (χ1n) is 14.1. The van der Waals surface area contributed by atoms with E-state index in [2.05, 4.69) is 68.2 Å². The van der Waals surface area contributed by atoms with E-state index in [1.54, 1.807) is 12.1 Å². The topological polar surface area (TPSA) is 85.9 Å². The summed E-state index contributed by atoms with van der Waals surface area (Å²) in [5, 5.41) is 8.07. The fraction of sp³-hybridized carbons (Fsp3) is 0.323. The first-order chi connectivity index (χ1) is 20.0. The van der Waals surface area contributed by atoms with Crippen molar-refractivity contribution in [3.8, 4) is 11.6 Å². The molecule has 0 spiro atoms. The zero-order valence-electron chi connectivity index (χ0n) is 23.3. The molecule has 2 fully saturated rings. The van der Waals surface area contributed by atoms with Crippen LogP contribution in [0.25, 0.3) is 10.2 Å². The highest BCUT2D eigenvalue weighted by Crippen LogP contribution is 2.34. The van der Waals surface area contributed by atoms with Gasteiger partial charge in [-0.2, -0.15) is 4.98 Å². The smallest absolute Gasteiger partial charge is 0.247 e. The molecule has 4 heterocycles. The molecule has 2 aliphatic heterocycles. The van der Waals surface area contributed by atoms with Crippen LogP contribution in [0.2, 0.25) is 0 Å². The Bertz CT molecular complexity index is 1510. The number of carbonyl (C=O) groups is 1. The van der Waals surface area contributed by atoms with Crippen molar-refractivity contribution in [3.05, 3.63) is 72.6 Å². The number of benzene rings is 2. The molecule has 41 heavy (non-hydrogen) atoms. The van der Waals surface area contributed by atoms with Crippen LogP contribution in [0.1, 0.15) is 12.8 Å². The number of ether oxygens (including phenoxy) is 1. The molecule has 2 aromatic heterocycles. The number of nitrogens with zero attached hydrogens (tertiary/aromatic N) is 5. The summed E-state index contributed by atoms with van der Waals surface area (Å²) in [6, 6.07) is 18.3. The summed E-state index contributed by atoms with van der Waals surface area (Å²) in [6.07, 6.45) is 3.79. The second kappa shape index (κ2) is 12.3. The number of aromatic nitrogens is 2. The highest BCUT2D eigenvalue weighted by Gasteiger charge is 2.26. The maximum absolute atomic E-state index is 11.7. The Hall–Kier alpha value is -3.99. The van der Waals surface area contributed by atoms with Gasteiger partial charge >= 0.3 is 0 Å². The first-order valence-corrected chi connectivity index (χ1v) is 14.9. The number of amides is 1. The molecule has 9 nitrogen and oxygen atoms in total. The minimum atomic E-state index is -0.280. The summed E-state index contributed by atoms with van der Waals surface area (Å²) in [5.41, 5.74) is 3.57. The lowest BCUT2D eigenvalue weighted by atomic mass is 10.0. The average Bonchev–Trinajstić information content (AvgIpc) is 3.47. The van der Waals surface area contributed by atoms with Gasteiger partial charge in [0.2, 0.25) is 17.7 Å². The Morgan fingerprint density at radius 3 is 2.54 bits per heavy atom. The standard InChI is InChI=1S/C31H35N7O2S/c1-3-28(39)32-23-5-4-6-26(21-23)40-30-29-27(13-20-41-29)34-31(35-30)33-22-7-9-24(10-8-22)37-16-18-38(19-17-37)25-11-14-36(2)15-12-25/h3-10,13,20-21,25H,1,11-12,14-19H2,2H3,(H,32,39)(H,33,34,35). The number of hydrogen-bond donors (Lipinski definition) is 2. The molecule has 2 saturated heterocycles. The van der Waals surface area contributed by atoms with E-state index in [0.717, 1.165) is 48.1 Å². The van der Waals surface area contributed by atoms with Gasteiger partial charge in [0.1, 0.15) is 10.4 Å². The molecule has 1 amide bonds. The largest absolute Gasteiger partial charge is 0.437 e. The van der Waals surface area contributed by atoms with Crippen LogP contribution >= 0.6 is 11.3 Å². The van der Waals surface area contributed by atoms with Gasteiger partial charge in [-0.15, -0.1) is 11.3 Å². The van der Waals surface area contributed by atoms with Crippen LogP contribution in [-0.4, -0.2) is 78.0 Å². The predicted molar refractivity (Wildman–Crippen MR) is 167 cm³/mol. The van der Waals surface area contributed by atoms with Gasteiger partial charge in [-0.3, -0.25) is 9.69 Å². The Morgan fingerprint density at radius 2 is 1.78 bits per heavy atom. The Labute approximate surface area is 244 Å². The summed E-state index contributed by atoms with van der Waals surface area (Å²) in [4.78, 5) is 28.7. The van der Waals surface area contributed by atoms with Crippen molar-refractivity contribution in [2.75, 3.05) is 61.8 Å². The highest BCUT2D eigenvalue weighted by molar-refractivity contribution is 7.17. The second-order valence-electron chi connectivity index (χ2n) is 10.5. The maximum atomic E-state index is 11.7. The molecule has 0 unspecified atom stereocenters. The van der Waals surface area contributed by atoms with Crippen LogP contribution in [0.4, 0.5) is 23.0 Å². The number of fused-ring (bicyclic) bond motifs is 1. The number of anilines is 4. The molecule has 4 aromatic rings. The van der Waals surface area contributed by atoms with Gasteiger partial charge in [0.25, 0.3) is 0 Å². The van der Waals surface area contributed by atoms with Crippen molar-refractivity contribution in [2.45, 2.75) is 18.9 Å². The second-order valence-corrected chi connectivity index (χ2v) is 11.5. The van der Waals surface area contributed by atoms with Gasteiger partial charge in [0, 0.05) is 55.3 Å². The van der Waals surface area contributed by atoms with Crippen LogP contribution in [0, 0.1) is 0 Å². The van der Waals surface area contributed by atoms with E-state index >= 15 is 0 Å². The Balaban J connectivity index is 1.11. The van der Waals surface area contributed by atoms with Crippen LogP contribution < -0.4 is 20.3 Å². The SMILES string of the molecule is C=CC(=O)Nc1cccc(Oc2nc(Nc3ccc(N4CCN(C5CCN(C)CC5)CC4)cc3)nc3ccsc23)c1. The van der Waals surface area contributed by atoms with Crippen molar-refractivity contribution >= 4 is 50.5 Å². The molecule has 212 valence electrons. The van der Waals surface area contributed by atoms with E-state index in [-0.39, 0.29) is 5.91 Å². The minimum Gasteiger partial charge on any atom is -0.437 e. The molecule has 0 aliphatic carbocycles. The number of carbonyl (C=O) groups excluding carboxylic acids is 1. The van der Waals surface area contributed by atoms with Gasteiger partial charge in [0.15, 0.2) is 0 Å². The molecule has 2 aromatic carbocycles. The van der Waals surface area contributed by atoms with Crippen LogP contribution in [0.5, 0.6) is 11.6 Å². The molecule has 2 aliphatic rings. The molecule has 0 radical (unpaired) electrons. The molecule has 0 bridgehead atoms. The normalized spacial score (nSPS) is 17.0. The monoisotopic (exact) mass is 569 g/mol. The van der Waals surface area contributed by atoms with Crippen LogP contribution in [-0.2, 0) is 4.79 Å². The first kappa shape index (κ1) is 27.2. The maximum Gasteiger partial charge on any atom is 0.247 e. The van der Waals surface area contributed by atoms with Gasteiger partial charge in [-0.1, -0.05) is 12.6 Å². The van der Waals surface area contributed by atoms with Crippen LogP contribution in [0.3, 0.4) is 0 Å². The summed E-state index contributed by atoms with van der Waals surface area (Å²) in [6.45, 7) is 10.3. The third kappa shape index (κ3) is 6.51. The van der Waals surface area contributed by atoms with Gasteiger partial charge in [-0.05, 0) is 86.9 Å². The summed E-state index contributed by atoms with van der Waals surface area (Å²) < 4.78 is 7.02. The van der Waals surface area contributed by atoms with Gasteiger partial charge < -0.3 is 25.2 Å². The van der Waals surface area contributed by atoms with Crippen LogP contribution in [0.15, 0.2) is 72.6 Å². The fourth-order valence-electron chi connectivity index (χ4n) is 5.49. The number of hydrogen-bond acceptors (Lipinski definition) is 9. The average molecular weight is 570 g/mol. The van der Waals surface area contributed by atoms with E-state index in [9.17, 15) is 4.79 Å². The molecule has 0 atom stereocenters. The molecular formula is C31H35N7O2S. The van der Waals surface area contributed by atoms with Crippen molar-refractivity contribution in [3.63, 3.8) is 0 Å². The zero-order valence-corrected chi connectivity index (χ0v) is 24.1. The number of nitrogens with one attached hydrogen (secondary N) is 2. The van der Waals surface area contributed by atoms with Crippen molar-refractivity contribution in [2.24, 2.45) is 0 Å². The molecule has 0 saturated carbocycles. The number of piperidine rings is 1. The van der Waals surface area contributed by atoms with Gasteiger partial charge in [0.05, 0.1) is 5.52 Å². The predicted octanol–water partition coefficient (Wildman–Crippen LogP) is 5.57. The molecule has 6 rings (SSSR count). The summed E-state index contributed by atoms with van der Waals surface area (Å²) in [7, 11) is 2.22. The lowest BCUT2D eigenvalue weighted by molar-refractivity contribution is -0.111. The Kier molecular flexibility index (Phi) is 8.13. The number of likely N-dealkylation sites (tertiary alicyclic amines) is 1. The van der Waals surface area contributed by atoms with Crippen molar-refractivity contribution in [1.82, 2.24) is 19.8 Å². The quantitative estimate of drug-likeness (QED) is 0.267. The molecule has 2 N–H and O–H groups in total. The molecule has 10 heteroatoms. The van der Waals surface area contributed by atoms with E-state index in [4.69, 9.17) is 9.72 Å². The van der Waals surface area contributed by atoms with Gasteiger partial charge in [-0.25, -0.2) is 4.98 Å². The van der Waals surface area contributed by atoms with E-state index in [0.29, 0.717) is 23.3 Å². The third-order valence-corrected chi connectivity index (χ3v) is 8.67. The number of thiophene rings is 1. The third-order valence-electron chi connectivity index (χ3n) is 7.78. The number of piperazine rings is 1. The fourth-order valence-corrected chi connectivity index (χ4v) is 6.25. The zero-order chi connectivity index (χ0) is 28.2. The highest BCUT2D eigenvalue weighted by atomic mass is 32.1. The van der Waals surface area contributed by atoms with Crippen molar-refractivity contribution < 1.29 is 9.53 Å². The van der Waals surface area contributed by atoms with E-state index in [1.807, 2.05) is 23.6 Å². The van der Waals surface area contributed by atoms with E-state index < -0.39 is 0 Å². The lowest BCUT2D eigenvalue weighted by Gasteiger charge is -2.42. The summed E-state index contributed by atoms with van der Waals surface area (Å²) in [5.74, 6) is 1.20. The van der Waals surface area contributed by atoms with E-state index in [1.165, 1.54) is 49.0 Å². The molecular weight excluding hydrogens is 534 g/mol. The summed E-state index contributed by atoms with van der Waals surface area (Å²) >= 11 is 1.52. The van der Waals surface area contributed by atoms with Crippen molar-refractivity contribution in [1.29, 1.82) is 0 Å². The lowest BCUT2D eigenvalue weighted by Crippen LogP contribution is -2.52. The number of rotatable bonds is 8. The minimum absolute atomic E-state index is 0.280. The Morgan fingerprint density at radius 1 is 1.00 bits per heavy atom.